The van der Waals surface area contributed by atoms with Crippen molar-refractivity contribution in [1.82, 2.24) is 25.5 Å². The third kappa shape index (κ3) is 3.70. The predicted octanol–water partition coefficient (Wildman–Crippen LogP) is 0.990. The Kier molecular flexibility index (Phi) is 4.03. The number of tetrazole rings is 1. The quantitative estimate of drug-likeness (QED) is 0.804. The molecule has 0 unspecified atom stereocenters. The Morgan fingerprint density at radius 1 is 1.47 bits per heavy atom. The Morgan fingerprint density at radius 3 is 2.89 bits per heavy atom. The van der Waals surface area contributed by atoms with Crippen molar-refractivity contribution in [3.63, 3.8) is 0 Å². The number of nitrogens with one attached hydrogen (secondary N) is 2. The molecule has 98 valence electrons. The number of amides is 1. The summed E-state index contributed by atoms with van der Waals surface area (Å²) in [6, 6.07) is 6.53. The standard InChI is InChI=1S/C10H9ClN6OS/c1-17-15-9(14-16-17)13-10(19)12-8(18)6-3-2-4-7(11)5-6/h2-5H,1H3,(H2,12,13,15,18,19). The number of nitrogens with zero attached hydrogens (tertiary/aromatic N) is 4. The van der Waals surface area contributed by atoms with Gasteiger partial charge in [0.25, 0.3) is 11.9 Å². The molecule has 2 rings (SSSR count). The number of rotatable bonds is 2. The molecule has 0 radical (unpaired) electrons. The second-order valence-corrected chi connectivity index (χ2v) is 4.37. The largest absolute Gasteiger partial charge is 0.299 e. The maximum absolute atomic E-state index is 11.8. The van der Waals surface area contributed by atoms with Crippen molar-refractivity contribution in [2.75, 3.05) is 5.32 Å². The van der Waals surface area contributed by atoms with Crippen LogP contribution in [0.5, 0.6) is 0 Å². The number of halogens is 1. The van der Waals surface area contributed by atoms with E-state index in [4.69, 9.17) is 23.8 Å². The Morgan fingerprint density at radius 2 is 2.26 bits per heavy atom. The Labute approximate surface area is 118 Å². The van der Waals surface area contributed by atoms with Gasteiger partial charge >= 0.3 is 0 Å². The summed E-state index contributed by atoms with van der Waals surface area (Å²) in [6.45, 7) is 0. The number of aromatic nitrogens is 4. The molecule has 1 heterocycles. The van der Waals surface area contributed by atoms with E-state index in [9.17, 15) is 4.79 Å². The third-order valence-electron chi connectivity index (χ3n) is 2.05. The molecule has 2 N–H and O–H groups in total. The maximum atomic E-state index is 11.8. The minimum Gasteiger partial charge on any atom is -0.299 e. The molecule has 0 saturated carbocycles. The lowest BCUT2D eigenvalue weighted by Crippen LogP contribution is -2.34. The predicted molar refractivity (Wildman–Crippen MR) is 73.9 cm³/mol. The van der Waals surface area contributed by atoms with Gasteiger partial charge in [-0.3, -0.25) is 15.4 Å². The van der Waals surface area contributed by atoms with Crippen LogP contribution in [-0.4, -0.2) is 31.2 Å². The van der Waals surface area contributed by atoms with E-state index in [2.05, 4.69) is 26.0 Å². The first kappa shape index (κ1) is 13.4. The van der Waals surface area contributed by atoms with Crippen LogP contribution in [-0.2, 0) is 7.05 Å². The summed E-state index contributed by atoms with van der Waals surface area (Å²) in [7, 11) is 1.62. The first-order valence-electron chi connectivity index (χ1n) is 5.16. The molecular formula is C10H9ClN6OS. The molecule has 0 spiro atoms. The monoisotopic (exact) mass is 296 g/mol. The third-order valence-corrected chi connectivity index (χ3v) is 2.49. The Balaban J connectivity index is 1.97. The number of aryl methyl sites for hydroxylation is 1. The second kappa shape index (κ2) is 5.72. The van der Waals surface area contributed by atoms with Crippen molar-refractivity contribution >= 4 is 40.8 Å². The smallest absolute Gasteiger partial charge is 0.269 e. The number of thiocarbonyl (C=S) groups is 1. The first-order chi connectivity index (χ1) is 9.04. The lowest BCUT2D eigenvalue weighted by atomic mass is 10.2. The summed E-state index contributed by atoms with van der Waals surface area (Å²) >= 11 is 10.8. The fourth-order valence-corrected chi connectivity index (χ4v) is 1.65. The van der Waals surface area contributed by atoms with Gasteiger partial charge in [0.2, 0.25) is 0 Å². The molecule has 1 amide bonds. The SMILES string of the molecule is Cn1nnc(NC(=S)NC(=O)c2cccc(Cl)c2)n1. The van der Waals surface area contributed by atoms with Gasteiger partial charge in [-0.25, -0.2) is 0 Å². The fourth-order valence-electron chi connectivity index (χ4n) is 1.27. The zero-order valence-corrected chi connectivity index (χ0v) is 11.4. The van der Waals surface area contributed by atoms with E-state index >= 15 is 0 Å². The second-order valence-electron chi connectivity index (χ2n) is 3.52. The van der Waals surface area contributed by atoms with Crippen molar-refractivity contribution in [2.24, 2.45) is 7.05 Å². The van der Waals surface area contributed by atoms with Crippen LogP contribution in [0.25, 0.3) is 0 Å². The molecule has 1 aromatic heterocycles. The van der Waals surface area contributed by atoms with Gasteiger partial charge in [-0.15, -0.1) is 5.10 Å². The topological polar surface area (TPSA) is 84.7 Å². The Hall–Kier alpha value is -2.06. The van der Waals surface area contributed by atoms with Crippen molar-refractivity contribution in [3.05, 3.63) is 34.9 Å². The lowest BCUT2D eigenvalue weighted by molar-refractivity contribution is 0.0977. The van der Waals surface area contributed by atoms with Crippen LogP contribution >= 0.6 is 23.8 Å². The number of carbonyl (C=O) groups is 1. The molecule has 19 heavy (non-hydrogen) atoms. The van der Waals surface area contributed by atoms with Gasteiger partial charge in [-0.05, 0) is 35.6 Å². The molecule has 0 saturated heterocycles. The van der Waals surface area contributed by atoms with Crippen LogP contribution in [0.1, 0.15) is 10.4 Å². The molecule has 0 bridgehead atoms. The van der Waals surface area contributed by atoms with Gasteiger partial charge in [0.1, 0.15) is 0 Å². The van der Waals surface area contributed by atoms with E-state index in [0.29, 0.717) is 10.6 Å². The van der Waals surface area contributed by atoms with Crippen LogP contribution in [0.15, 0.2) is 24.3 Å². The van der Waals surface area contributed by atoms with Crippen molar-refractivity contribution in [2.45, 2.75) is 0 Å². The molecule has 9 heteroatoms. The summed E-state index contributed by atoms with van der Waals surface area (Å²) in [5.74, 6) is -0.164. The van der Waals surface area contributed by atoms with Gasteiger partial charge in [0, 0.05) is 10.6 Å². The van der Waals surface area contributed by atoms with Crippen LogP contribution < -0.4 is 10.6 Å². The van der Waals surface area contributed by atoms with Gasteiger partial charge in [0.05, 0.1) is 7.05 Å². The van der Waals surface area contributed by atoms with Crippen LogP contribution in [0, 0.1) is 0 Å². The van der Waals surface area contributed by atoms with Crippen molar-refractivity contribution < 1.29 is 4.79 Å². The molecule has 0 aliphatic heterocycles. The normalized spacial score (nSPS) is 10.0. The van der Waals surface area contributed by atoms with Gasteiger partial charge in [-0.2, -0.15) is 4.80 Å². The fraction of sp³-hybridized carbons (Fsp3) is 0.100. The highest BCUT2D eigenvalue weighted by Crippen LogP contribution is 2.10. The molecular weight excluding hydrogens is 288 g/mol. The van der Waals surface area contributed by atoms with E-state index < -0.39 is 0 Å². The number of hydrogen-bond donors (Lipinski definition) is 2. The molecule has 1 aromatic carbocycles. The van der Waals surface area contributed by atoms with E-state index in [0.717, 1.165) is 0 Å². The van der Waals surface area contributed by atoms with Crippen molar-refractivity contribution in [1.29, 1.82) is 0 Å². The van der Waals surface area contributed by atoms with Gasteiger partial charge in [-0.1, -0.05) is 22.8 Å². The summed E-state index contributed by atoms with van der Waals surface area (Å²) in [4.78, 5) is 13.1. The summed E-state index contributed by atoms with van der Waals surface area (Å²) in [5.41, 5.74) is 0.406. The average Bonchev–Trinajstić information content (AvgIpc) is 2.74. The zero-order valence-electron chi connectivity index (χ0n) is 9.79. The van der Waals surface area contributed by atoms with Crippen LogP contribution in [0.3, 0.4) is 0 Å². The number of benzene rings is 1. The minimum atomic E-state index is -0.371. The number of hydrogen-bond acceptors (Lipinski definition) is 5. The first-order valence-corrected chi connectivity index (χ1v) is 5.95. The maximum Gasteiger partial charge on any atom is 0.269 e. The van der Waals surface area contributed by atoms with E-state index in [1.807, 2.05) is 0 Å². The van der Waals surface area contributed by atoms with Gasteiger partial charge in [0.15, 0.2) is 5.11 Å². The van der Waals surface area contributed by atoms with E-state index in [1.54, 1.807) is 31.3 Å². The van der Waals surface area contributed by atoms with Crippen LogP contribution in [0.2, 0.25) is 5.02 Å². The van der Waals surface area contributed by atoms with E-state index in [-0.39, 0.29) is 17.0 Å². The minimum absolute atomic E-state index is 0.0815. The zero-order chi connectivity index (χ0) is 13.8. The molecule has 2 aromatic rings. The summed E-state index contributed by atoms with van der Waals surface area (Å²) in [6.07, 6.45) is 0. The van der Waals surface area contributed by atoms with E-state index in [1.165, 1.54) is 4.80 Å². The molecule has 7 nitrogen and oxygen atoms in total. The van der Waals surface area contributed by atoms with Gasteiger partial charge < -0.3 is 0 Å². The highest BCUT2D eigenvalue weighted by atomic mass is 35.5. The summed E-state index contributed by atoms with van der Waals surface area (Å²) in [5, 5.41) is 16.9. The number of carbonyl (C=O) groups excluding carboxylic acids is 1. The Bertz CT molecular complexity index is 628. The molecule has 0 aliphatic carbocycles. The average molecular weight is 297 g/mol. The summed E-state index contributed by atoms with van der Waals surface area (Å²) < 4.78 is 0. The highest BCUT2D eigenvalue weighted by Gasteiger charge is 2.09. The molecule has 0 fully saturated rings. The highest BCUT2D eigenvalue weighted by molar-refractivity contribution is 7.80. The number of anilines is 1. The lowest BCUT2D eigenvalue weighted by Gasteiger charge is -2.06. The molecule has 0 aliphatic rings. The van der Waals surface area contributed by atoms with Crippen LogP contribution in [0.4, 0.5) is 5.95 Å². The van der Waals surface area contributed by atoms with Crippen molar-refractivity contribution in [3.8, 4) is 0 Å². The molecule has 0 atom stereocenters.